The van der Waals surface area contributed by atoms with Gasteiger partial charge in [0.05, 0.1) is 13.7 Å². The smallest absolute Gasteiger partial charge is 0.248 e. The SMILES string of the molecule is CCCCOc1ccc(/C=C/C(=O)Nc2ccc(CCN(C)C)cc2)cc1OC. The van der Waals surface area contributed by atoms with Gasteiger partial charge in [0, 0.05) is 18.3 Å². The van der Waals surface area contributed by atoms with Gasteiger partial charge < -0.3 is 19.7 Å². The predicted molar refractivity (Wildman–Crippen MR) is 120 cm³/mol. The van der Waals surface area contributed by atoms with Crippen molar-refractivity contribution in [3.05, 3.63) is 59.7 Å². The first-order chi connectivity index (χ1) is 14.0. The fourth-order valence-electron chi connectivity index (χ4n) is 2.70. The summed E-state index contributed by atoms with van der Waals surface area (Å²) in [5.74, 6) is 1.21. The molecule has 5 nitrogen and oxygen atoms in total. The van der Waals surface area contributed by atoms with E-state index in [4.69, 9.17) is 9.47 Å². The molecule has 0 radical (unpaired) electrons. The highest BCUT2D eigenvalue weighted by molar-refractivity contribution is 6.01. The summed E-state index contributed by atoms with van der Waals surface area (Å²) in [5.41, 5.74) is 2.91. The zero-order chi connectivity index (χ0) is 21.1. The second-order valence-electron chi connectivity index (χ2n) is 7.19. The molecule has 29 heavy (non-hydrogen) atoms. The molecule has 0 heterocycles. The Kier molecular flexibility index (Phi) is 9.25. The lowest BCUT2D eigenvalue weighted by Crippen LogP contribution is -2.15. The second kappa shape index (κ2) is 11.9. The van der Waals surface area contributed by atoms with Crippen LogP contribution in [0, 0.1) is 0 Å². The minimum Gasteiger partial charge on any atom is -0.493 e. The summed E-state index contributed by atoms with van der Waals surface area (Å²) >= 11 is 0. The zero-order valence-electron chi connectivity index (χ0n) is 17.9. The number of likely N-dealkylation sites (N-methyl/N-ethyl adjacent to an activating group) is 1. The van der Waals surface area contributed by atoms with E-state index < -0.39 is 0 Å². The number of nitrogens with zero attached hydrogens (tertiary/aromatic N) is 1. The summed E-state index contributed by atoms with van der Waals surface area (Å²) in [6.07, 6.45) is 6.35. The second-order valence-corrected chi connectivity index (χ2v) is 7.19. The number of anilines is 1. The van der Waals surface area contributed by atoms with E-state index in [9.17, 15) is 4.79 Å². The number of carbonyl (C=O) groups is 1. The zero-order valence-corrected chi connectivity index (χ0v) is 17.9. The summed E-state index contributed by atoms with van der Waals surface area (Å²) in [6, 6.07) is 13.6. The fourth-order valence-corrected chi connectivity index (χ4v) is 2.70. The first kappa shape index (κ1) is 22.5. The quantitative estimate of drug-likeness (QED) is 0.444. The molecule has 156 valence electrons. The number of methoxy groups -OCH3 is 1. The summed E-state index contributed by atoms with van der Waals surface area (Å²) in [5, 5.41) is 2.89. The molecule has 0 atom stereocenters. The van der Waals surface area contributed by atoms with Crippen LogP contribution in [0.1, 0.15) is 30.9 Å². The lowest BCUT2D eigenvalue weighted by Gasteiger charge is -2.11. The maximum absolute atomic E-state index is 12.2. The third-order valence-electron chi connectivity index (χ3n) is 4.44. The lowest BCUT2D eigenvalue weighted by molar-refractivity contribution is -0.111. The minimum atomic E-state index is -0.173. The Balaban J connectivity index is 1.92. The van der Waals surface area contributed by atoms with Crippen LogP contribution in [0.5, 0.6) is 11.5 Å². The molecule has 2 aromatic carbocycles. The number of nitrogens with one attached hydrogen (secondary N) is 1. The van der Waals surface area contributed by atoms with Gasteiger partial charge in [-0.2, -0.15) is 0 Å². The maximum Gasteiger partial charge on any atom is 0.248 e. The van der Waals surface area contributed by atoms with Gasteiger partial charge in [0.2, 0.25) is 5.91 Å². The molecule has 0 aromatic heterocycles. The van der Waals surface area contributed by atoms with Crippen molar-refractivity contribution in [1.29, 1.82) is 0 Å². The van der Waals surface area contributed by atoms with E-state index >= 15 is 0 Å². The third-order valence-corrected chi connectivity index (χ3v) is 4.44. The number of benzene rings is 2. The largest absolute Gasteiger partial charge is 0.493 e. The van der Waals surface area contributed by atoms with E-state index in [0.29, 0.717) is 12.4 Å². The molecule has 0 saturated heterocycles. The molecule has 0 bridgehead atoms. The van der Waals surface area contributed by atoms with Crippen molar-refractivity contribution < 1.29 is 14.3 Å². The van der Waals surface area contributed by atoms with Crippen LogP contribution in [0.4, 0.5) is 5.69 Å². The average molecular weight is 397 g/mol. The molecule has 0 spiro atoms. The van der Waals surface area contributed by atoms with Crippen molar-refractivity contribution in [3.63, 3.8) is 0 Å². The van der Waals surface area contributed by atoms with Crippen LogP contribution < -0.4 is 14.8 Å². The van der Waals surface area contributed by atoms with Crippen LogP contribution in [-0.4, -0.2) is 45.2 Å². The van der Waals surface area contributed by atoms with E-state index in [1.807, 2.05) is 42.5 Å². The summed E-state index contributed by atoms with van der Waals surface area (Å²) in [4.78, 5) is 14.4. The van der Waals surface area contributed by atoms with Crippen molar-refractivity contribution in [2.45, 2.75) is 26.2 Å². The summed E-state index contributed by atoms with van der Waals surface area (Å²) in [7, 11) is 5.73. The first-order valence-electron chi connectivity index (χ1n) is 10.1. The van der Waals surface area contributed by atoms with Crippen molar-refractivity contribution in [2.75, 3.05) is 39.7 Å². The van der Waals surface area contributed by atoms with E-state index in [1.54, 1.807) is 13.2 Å². The number of rotatable bonds is 11. The molecule has 0 unspecified atom stereocenters. The van der Waals surface area contributed by atoms with Crippen LogP contribution in [0.3, 0.4) is 0 Å². The Morgan fingerprint density at radius 2 is 1.86 bits per heavy atom. The van der Waals surface area contributed by atoms with Crippen molar-refractivity contribution in [2.24, 2.45) is 0 Å². The lowest BCUT2D eigenvalue weighted by atomic mass is 10.1. The van der Waals surface area contributed by atoms with Gasteiger partial charge >= 0.3 is 0 Å². The molecule has 0 aliphatic rings. The number of hydrogen-bond donors (Lipinski definition) is 1. The van der Waals surface area contributed by atoms with Gasteiger partial charge in [-0.15, -0.1) is 0 Å². The van der Waals surface area contributed by atoms with Crippen molar-refractivity contribution in [3.8, 4) is 11.5 Å². The Labute approximate surface area is 174 Å². The van der Waals surface area contributed by atoms with Crippen molar-refractivity contribution in [1.82, 2.24) is 4.90 Å². The van der Waals surface area contributed by atoms with Crippen LogP contribution in [0.2, 0.25) is 0 Å². The number of carbonyl (C=O) groups excluding carboxylic acids is 1. The average Bonchev–Trinajstić information content (AvgIpc) is 2.72. The first-order valence-corrected chi connectivity index (χ1v) is 10.1. The number of amides is 1. The Hall–Kier alpha value is -2.79. The number of hydrogen-bond acceptors (Lipinski definition) is 4. The highest BCUT2D eigenvalue weighted by Gasteiger charge is 2.05. The van der Waals surface area contributed by atoms with Gasteiger partial charge in [0.25, 0.3) is 0 Å². The third kappa shape index (κ3) is 8.00. The minimum absolute atomic E-state index is 0.173. The molecular weight excluding hydrogens is 364 g/mol. The summed E-state index contributed by atoms with van der Waals surface area (Å²) < 4.78 is 11.1. The normalized spacial score (nSPS) is 11.1. The Morgan fingerprint density at radius 1 is 1.10 bits per heavy atom. The molecule has 1 amide bonds. The molecule has 0 aliphatic heterocycles. The molecule has 0 fully saturated rings. The van der Waals surface area contributed by atoms with Crippen LogP contribution in [0.15, 0.2) is 48.5 Å². The maximum atomic E-state index is 12.2. The monoisotopic (exact) mass is 396 g/mol. The van der Waals surface area contributed by atoms with Crippen LogP contribution in [0.25, 0.3) is 6.08 Å². The van der Waals surface area contributed by atoms with Gasteiger partial charge in [-0.1, -0.05) is 31.5 Å². The van der Waals surface area contributed by atoms with Crippen LogP contribution in [-0.2, 0) is 11.2 Å². The molecule has 0 saturated carbocycles. The fraction of sp³-hybridized carbons (Fsp3) is 0.375. The molecular formula is C24H32N2O3. The topological polar surface area (TPSA) is 50.8 Å². The van der Waals surface area contributed by atoms with E-state index in [1.165, 1.54) is 11.6 Å². The van der Waals surface area contributed by atoms with Gasteiger partial charge in [-0.05, 0) is 68.4 Å². The molecule has 0 aliphatic carbocycles. The molecule has 1 N–H and O–H groups in total. The van der Waals surface area contributed by atoms with Gasteiger partial charge in [0.15, 0.2) is 11.5 Å². The van der Waals surface area contributed by atoms with Crippen molar-refractivity contribution >= 4 is 17.7 Å². The Bertz CT molecular complexity index is 798. The van der Waals surface area contributed by atoms with Gasteiger partial charge in [0.1, 0.15) is 0 Å². The van der Waals surface area contributed by atoms with Crippen LogP contribution >= 0.6 is 0 Å². The highest BCUT2D eigenvalue weighted by atomic mass is 16.5. The highest BCUT2D eigenvalue weighted by Crippen LogP contribution is 2.28. The van der Waals surface area contributed by atoms with E-state index in [0.717, 1.165) is 42.8 Å². The predicted octanol–water partition coefficient (Wildman–Crippen LogP) is 4.63. The van der Waals surface area contributed by atoms with E-state index in [-0.39, 0.29) is 5.91 Å². The summed E-state index contributed by atoms with van der Waals surface area (Å²) in [6.45, 7) is 3.79. The number of unbranched alkanes of at least 4 members (excludes halogenated alkanes) is 1. The molecule has 2 aromatic rings. The van der Waals surface area contributed by atoms with E-state index in [2.05, 4.69) is 31.2 Å². The van der Waals surface area contributed by atoms with Gasteiger partial charge in [-0.3, -0.25) is 4.79 Å². The molecule has 2 rings (SSSR count). The number of ether oxygens (including phenoxy) is 2. The Morgan fingerprint density at radius 3 is 2.52 bits per heavy atom. The molecule has 5 heteroatoms. The van der Waals surface area contributed by atoms with Gasteiger partial charge in [-0.25, -0.2) is 0 Å². The standard InChI is InChI=1S/C24H32N2O3/c1-5-6-17-29-22-13-9-20(18-23(22)28-4)10-14-24(27)25-21-11-7-19(8-12-21)15-16-26(2)3/h7-14,18H,5-6,15-17H2,1-4H3,(H,25,27)/b14-10+.